The van der Waals surface area contributed by atoms with E-state index in [0.29, 0.717) is 28.0 Å². The highest BCUT2D eigenvalue weighted by molar-refractivity contribution is 6.31. The highest BCUT2D eigenvalue weighted by Gasteiger charge is 2.11. The van der Waals surface area contributed by atoms with Gasteiger partial charge < -0.3 is 10.1 Å². The predicted molar refractivity (Wildman–Crippen MR) is 120 cm³/mol. The zero-order valence-electron chi connectivity index (χ0n) is 16.6. The van der Waals surface area contributed by atoms with E-state index in [0.717, 1.165) is 11.1 Å². The first-order valence-electron chi connectivity index (χ1n) is 9.47. The maximum Gasteiger partial charge on any atom is 0.276 e. The molecule has 0 aliphatic carbocycles. The number of ether oxygens (including phenoxy) is 1. The SMILES string of the molecule is Cc1cc(OCn2ccc(C(=O)Nc3cnn(Cc4cccc(Cl)c4)c3)n2)ccc1Cl. The summed E-state index contributed by atoms with van der Waals surface area (Å²) in [6.07, 6.45) is 5.02. The molecular weight excluding hydrogens is 437 g/mol. The lowest BCUT2D eigenvalue weighted by Gasteiger charge is -2.07. The molecule has 2 heterocycles. The van der Waals surface area contributed by atoms with Gasteiger partial charge in [-0.15, -0.1) is 0 Å². The topological polar surface area (TPSA) is 74.0 Å². The predicted octanol–water partition coefficient (Wildman–Crippen LogP) is 5.03. The van der Waals surface area contributed by atoms with Crippen molar-refractivity contribution in [3.05, 3.63) is 94.0 Å². The number of halogens is 2. The largest absolute Gasteiger partial charge is 0.471 e. The van der Waals surface area contributed by atoms with Gasteiger partial charge in [0.25, 0.3) is 5.91 Å². The molecule has 2 aromatic heterocycles. The molecule has 0 saturated carbocycles. The Morgan fingerprint density at radius 1 is 1.13 bits per heavy atom. The molecule has 0 aliphatic heterocycles. The molecule has 1 amide bonds. The van der Waals surface area contributed by atoms with Crippen molar-refractivity contribution in [3.8, 4) is 5.75 Å². The van der Waals surface area contributed by atoms with Gasteiger partial charge in [-0.25, -0.2) is 4.68 Å². The van der Waals surface area contributed by atoms with Crippen LogP contribution in [0.2, 0.25) is 10.0 Å². The quantitative estimate of drug-likeness (QED) is 0.423. The van der Waals surface area contributed by atoms with Gasteiger partial charge in [0.2, 0.25) is 0 Å². The first kappa shape index (κ1) is 21.0. The summed E-state index contributed by atoms with van der Waals surface area (Å²) >= 11 is 12.0. The molecule has 158 valence electrons. The molecule has 0 aliphatic rings. The van der Waals surface area contributed by atoms with Crippen LogP contribution in [0.5, 0.6) is 5.75 Å². The van der Waals surface area contributed by atoms with Crippen LogP contribution in [0.25, 0.3) is 0 Å². The van der Waals surface area contributed by atoms with Gasteiger partial charge in [0.15, 0.2) is 12.4 Å². The fraction of sp³-hybridized carbons (Fsp3) is 0.136. The molecule has 0 unspecified atom stereocenters. The Morgan fingerprint density at radius 2 is 2.00 bits per heavy atom. The molecule has 0 atom stereocenters. The minimum absolute atomic E-state index is 0.173. The van der Waals surface area contributed by atoms with Gasteiger partial charge in [-0.1, -0.05) is 35.3 Å². The van der Waals surface area contributed by atoms with E-state index in [4.69, 9.17) is 27.9 Å². The third-order valence-electron chi connectivity index (χ3n) is 4.49. The standard InChI is InChI=1S/C22H19Cl2N5O2/c1-15-9-19(5-6-20(15)24)31-14-28-8-7-21(27-28)22(30)26-18-11-25-29(13-18)12-16-3-2-4-17(23)10-16/h2-11,13H,12,14H2,1H3,(H,26,30). The maximum absolute atomic E-state index is 12.5. The van der Waals surface area contributed by atoms with Crippen molar-refractivity contribution in [2.24, 2.45) is 0 Å². The molecule has 0 fully saturated rings. The number of amides is 1. The summed E-state index contributed by atoms with van der Waals surface area (Å²) in [6, 6.07) is 14.6. The van der Waals surface area contributed by atoms with Crippen molar-refractivity contribution in [2.45, 2.75) is 20.2 Å². The summed E-state index contributed by atoms with van der Waals surface area (Å²) in [7, 11) is 0. The zero-order chi connectivity index (χ0) is 21.8. The Balaban J connectivity index is 1.33. The normalized spacial score (nSPS) is 10.8. The van der Waals surface area contributed by atoms with E-state index in [1.807, 2.05) is 37.3 Å². The van der Waals surface area contributed by atoms with E-state index in [1.165, 1.54) is 0 Å². The summed E-state index contributed by atoms with van der Waals surface area (Å²) in [6.45, 7) is 2.63. The van der Waals surface area contributed by atoms with E-state index in [9.17, 15) is 4.79 Å². The van der Waals surface area contributed by atoms with Crippen LogP contribution in [0.1, 0.15) is 21.6 Å². The molecule has 31 heavy (non-hydrogen) atoms. The van der Waals surface area contributed by atoms with E-state index in [1.54, 1.807) is 46.2 Å². The van der Waals surface area contributed by atoms with Crippen molar-refractivity contribution in [2.75, 3.05) is 5.32 Å². The maximum atomic E-state index is 12.5. The molecular formula is C22H19Cl2N5O2. The van der Waals surface area contributed by atoms with Crippen molar-refractivity contribution in [1.29, 1.82) is 0 Å². The van der Waals surface area contributed by atoms with Crippen molar-refractivity contribution >= 4 is 34.8 Å². The average molecular weight is 456 g/mol. The number of hydrogen-bond acceptors (Lipinski definition) is 4. The smallest absolute Gasteiger partial charge is 0.276 e. The van der Waals surface area contributed by atoms with E-state index < -0.39 is 0 Å². The van der Waals surface area contributed by atoms with E-state index in [2.05, 4.69) is 15.5 Å². The van der Waals surface area contributed by atoms with Crippen LogP contribution in [-0.4, -0.2) is 25.5 Å². The molecule has 4 aromatic rings. The highest BCUT2D eigenvalue weighted by atomic mass is 35.5. The number of rotatable bonds is 7. The third-order valence-corrected chi connectivity index (χ3v) is 5.15. The molecule has 0 saturated heterocycles. The lowest BCUT2D eigenvalue weighted by Crippen LogP contribution is -2.14. The number of aryl methyl sites for hydroxylation is 1. The van der Waals surface area contributed by atoms with Crippen LogP contribution < -0.4 is 10.1 Å². The number of anilines is 1. The average Bonchev–Trinajstić information content (AvgIpc) is 3.38. The molecule has 4 rings (SSSR count). The fourth-order valence-electron chi connectivity index (χ4n) is 2.93. The van der Waals surface area contributed by atoms with Crippen LogP contribution >= 0.6 is 23.2 Å². The Kier molecular flexibility index (Phi) is 6.25. The monoisotopic (exact) mass is 455 g/mol. The number of carbonyl (C=O) groups is 1. The molecule has 0 spiro atoms. The lowest BCUT2D eigenvalue weighted by molar-refractivity contribution is 0.102. The Labute approximate surface area is 189 Å². The third kappa shape index (κ3) is 5.45. The Morgan fingerprint density at radius 3 is 2.81 bits per heavy atom. The van der Waals surface area contributed by atoms with Crippen molar-refractivity contribution in [3.63, 3.8) is 0 Å². The van der Waals surface area contributed by atoms with Gasteiger partial charge in [0.1, 0.15) is 5.75 Å². The summed E-state index contributed by atoms with van der Waals surface area (Å²) in [5.74, 6) is 0.346. The minimum atomic E-state index is -0.330. The summed E-state index contributed by atoms with van der Waals surface area (Å²) in [5, 5.41) is 12.7. The number of nitrogens with zero attached hydrogens (tertiary/aromatic N) is 4. The number of benzene rings is 2. The van der Waals surface area contributed by atoms with Gasteiger partial charge in [0, 0.05) is 22.4 Å². The fourth-order valence-corrected chi connectivity index (χ4v) is 3.26. The first-order valence-corrected chi connectivity index (χ1v) is 10.2. The van der Waals surface area contributed by atoms with Gasteiger partial charge in [-0.05, 0) is 54.4 Å². The van der Waals surface area contributed by atoms with Crippen LogP contribution in [0.15, 0.2) is 67.1 Å². The summed E-state index contributed by atoms with van der Waals surface area (Å²) < 4.78 is 8.96. The molecule has 0 bridgehead atoms. The van der Waals surface area contributed by atoms with Crippen LogP contribution in [0.4, 0.5) is 5.69 Å². The number of aromatic nitrogens is 4. The number of nitrogens with one attached hydrogen (secondary N) is 1. The zero-order valence-corrected chi connectivity index (χ0v) is 18.1. The van der Waals surface area contributed by atoms with Crippen molar-refractivity contribution < 1.29 is 9.53 Å². The second-order valence-electron chi connectivity index (χ2n) is 6.94. The molecule has 7 nitrogen and oxygen atoms in total. The summed E-state index contributed by atoms with van der Waals surface area (Å²) in [5.41, 5.74) is 2.80. The van der Waals surface area contributed by atoms with Gasteiger partial charge >= 0.3 is 0 Å². The molecule has 1 N–H and O–H groups in total. The number of hydrogen-bond donors (Lipinski definition) is 1. The second-order valence-corrected chi connectivity index (χ2v) is 7.78. The highest BCUT2D eigenvalue weighted by Crippen LogP contribution is 2.21. The second kappa shape index (κ2) is 9.24. The Bertz CT molecular complexity index is 1220. The van der Waals surface area contributed by atoms with Crippen molar-refractivity contribution in [1.82, 2.24) is 19.6 Å². The molecule has 2 aromatic carbocycles. The summed E-state index contributed by atoms with van der Waals surface area (Å²) in [4.78, 5) is 12.5. The van der Waals surface area contributed by atoms with E-state index >= 15 is 0 Å². The van der Waals surface area contributed by atoms with Gasteiger partial charge in [-0.3, -0.25) is 9.48 Å². The Hall–Kier alpha value is -3.29. The molecule has 0 radical (unpaired) electrons. The van der Waals surface area contributed by atoms with Crippen LogP contribution in [0.3, 0.4) is 0 Å². The minimum Gasteiger partial charge on any atom is -0.471 e. The van der Waals surface area contributed by atoms with Gasteiger partial charge in [-0.2, -0.15) is 10.2 Å². The first-order chi connectivity index (χ1) is 15.0. The van der Waals surface area contributed by atoms with Crippen LogP contribution in [-0.2, 0) is 13.3 Å². The van der Waals surface area contributed by atoms with Crippen LogP contribution in [0, 0.1) is 6.92 Å². The van der Waals surface area contributed by atoms with E-state index in [-0.39, 0.29) is 18.3 Å². The molecule has 9 heteroatoms. The van der Waals surface area contributed by atoms with Gasteiger partial charge in [0.05, 0.1) is 18.4 Å². The lowest BCUT2D eigenvalue weighted by atomic mass is 10.2. The number of carbonyl (C=O) groups excluding carboxylic acids is 1.